The van der Waals surface area contributed by atoms with Gasteiger partial charge in [-0.1, -0.05) is 45.0 Å². The fourth-order valence-electron chi connectivity index (χ4n) is 2.65. The number of hydrogen-bond acceptors (Lipinski definition) is 4. The van der Waals surface area contributed by atoms with Crippen LogP contribution in [-0.2, 0) is 12.0 Å². The van der Waals surface area contributed by atoms with Gasteiger partial charge in [-0.05, 0) is 47.7 Å². The molecule has 0 bridgehead atoms. The Balaban J connectivity index is 1.56. The summed E-state index contributed by atoms with van der Waals surface area (Å²) in [6.07, 6.45) is 0. The Morgan fingerprint density at radius 2 is 1.70 bits per heavy atom. The Morgan fingerprint density at radius 1 is 1.04 bits per heavy atom. The van der Waals surface area contributed by atoms with Gasteiger partial charge in [0.1, 0.15) is 0 Å². The van der Waals surface area contributed by atoms with E-state index in [0.717, 1.165) is 16.9 Å². The van der Waals surface area contributed by atoms with Crippen molar-refractivity contribution in [1.29, 1.82) is 0 Å². The predicted molar refractivity (Wildman–Crippen MR) is 114 cm³/mol. The Labute approximate surface area is 164 Å². The number of anilines is 2. The smallest absolute Gasteiger partial charge is 0.257 e. The van der Waals surface area contributed by atoms with E-state index in [2.05, 4.69) is 60.7 Å². The Hall–Kier alpha value is -2.66. The third kappa shape index (κ3) is 5.17. The molecule has 0 radical (unpaired) electrons. The minimum absolute atomic E-state index is 0.137. The van der Waals surface area contributed by atoms with E-state index in [-0.39, 0.29) is 11.3 Å². The number of thiazole rings is 1. The number of rotatable bonds is 5. The predicted octanol–water partition coefficient (Wildman–Crippen LogP) is 5.61. The molecular formula is C22H25N3OS. The molecule has 2 N–H and O–H groups in total. The van der Waals surface area contributed by atoms with Crippen LogP contribution in [0.1, 0.15) is 48.0 Å². The molecule has 0 saturated carbocycles. The lowest BCUT2D eigenvalue weighted by atomic mass is 9.87. The Morgan fingerprint density at radius 3 is 2.26 bits per heavy atom. The number of carbonyl (C=O) groups excluding carboxylic acids is 1. The molecule has 1 heterocycles. The van der Waals surface area contributed by atoms with Gasteiger partial charge >= 0.3 is 0 Å². The molecular weight excluding hydrogens is 354 g/mol. The maximum Gasteiger partial charge on any atom is 0.257 e. The van der Waals surface area contributed by atoms with Crippen LogP contribution in [0.25, 0.3) is 0 Å². The lowest BCUT2D eigenvalue weighted by Gasteiger charge is -2.19. The van der Waals surface area contributed by atoms with Crippen LogP contribution in [0, 0.1) is 6.92 Å². The van der Waals surface area contributed by atoms with Crippen LogP contribution in [0.4, 0.5) is 10.8 Å². The molecule has 27 heavy (non-hydrogen) atoms. The molecule has 4 nitrogen and oxygen atoms in total. The number of hydrogen-bond donors (Lipinski definition) is 2. The second kappa shape index (κ2) is 7.92. The quantitative estimate of drug-likeness (QED) is 0.605. The first-order chi connectivity index (χ1) is 12.8. The Bertz CT molecular complexity index is 906. The minimum atomic E-state index is -0.137. The van der Waals surface area contributed by atoms with Crippen LogP contribution in [-0.4, -0.2) is 10.9 Å². The standard InChI is InChI=1S/C22H25N3OS/c1-15-14-27-21(24-15)25-20(26)17-7-5-16(6-8-17)13-23-19-11-9-18(10-12-19)22(2,3)4/h5-12,14,23H,13H2,1-4H3,(H,24,25,26). The fraction of sp³-hybridized carbons (Fsp3) is 0.273. The molecule has 0 saturated heterocycles. The number of benzene rings is 2. The fourth-order valence-corrected chi connectivity index (χ4v) is 3.33. The molecule has 5 heteroatoms. The van der Waals surface area contributed by atoms with Crippen LogP contribution >= 0.6 is 11.3 Å². The van der Waals surface area contributed by atoms with Crippen molar-refractivity contribution in [3.05, 3.63) is 76.3 Å². The van der Waals surface area contributed by atoms with Gasteiger partial charge in [-0.2, -0.15) is 0 Å². The summed E-state index contributed by atoms with van der Waals surface area (Å²) in [4.78, 5) is 16.5. The van der Waals surface area contributed by atoms with Gasteiger partial charge in [-0.25, -0.2) is 4.98 Å². The maximum atomic E-state index is 12.3. The second-order valence-electron chi connectivity index (χ2n) is 7.63. The minimum Gasteiger partial charge on any atom is -0.381 e. The monoisotopic (exact) mass is 379 g/mol. The second-order valence-corrected chi connectivity index (χ2v) is 8.48. The van der Waals surface area contributed by atoms with Gasteiger partial charge in [0.2, 0.25) is 0 Å². The van der Waals surface area contributed by atoms with Crippen molar-refractivity contribution in [2.45, 2.75) is 39.7 Å². The van der Waals surface area contributed by atoms with Crippen molar-refractivity contribution >= 4 is 28.1 Å². The van der Waals surface area contributed by atoms with Crippen molar-refractivity contribution in [2.75, 3.05) is 10.6 Å². The van der Waals surface area contributed by atoms with E-state index in [4.69, 9.17) is 0 Å². The lowest BCUT2D eigenvalue weighted by molar-refractivity contribution is 0.102. The zero-order valence-corrected chi connectivity index (χ0v) is 17.0. The van der Waals surface area contributed by atoms with Crippen molar-refractivity contribution < 1.29 is 4.79 Å². The third-order valence-electron chi connectivity index (χ3n) is 4.30. The number of aryl methyl sites for hydroxylation is 1. The van der Waals surface area contributed by atoms with Crippen molar-refractivity contribution in [1.82, 2.24) is 4.98 Å². The highest BCUT2D eigenvalue weighted by atomic mass is 32.1. The normalized spacial score (nSPS) is 11.3. The van der Waals surface area contributed by atoms with Gasteiger partial charge in [0.25, 0.3) is 5.91 Å². The van der Waals surface area contributed by atoms with Crippen LogP contribution in [0.3, 0.4) is 0 Å². The summed E-state index contributed by atoms with van der Waals surface area (Å²) in [5, 5.41) is 8.79. The van der Waals surface area contributed by atoms with E-state index >= 15 is 0 Å². The molecule has 2 aromatic carbocycles. The molecule has 0 fully saturated rings. The van der Waals surface area contributed by atoms with Gasteiger partial charge in [0.15, 0.2) is 5.13 Å². The molecule has 3 aromatic rings. The number of carbonyl (C=O) groups is 1. The number of nitrogens with one attached hydrogen (secondary N) is 2. The summed E-state index contributed by atoms with van der Waals surface area (Å²) in [7, 11) is 0. The highest BCUT2D eigenvalue weighted by molar-refractivity contribution is 7.13. The molecule has 0 spiro atoms. The van der Waals surface area contributed by atoms with Crippen LogP contribution in [0.15, 0.2) is 53.9 Å². The first kappa shape index (κ1) is 19.1. The SMILES string of the molecule is Cc1csc(NC(=O)c2ccc(CNc3ccc(C(C)(C)C)cc3)cc2)n1. The summed E-state index contributed by atoms with van der Waals surface area (Å²) < 4.78 is 0. The highest BCUT2D eigenvalue weighted by Crippen LogP contribution is 2.23. The molecule has 1 amide bonds. The maximum absolute atomic E-state index is 12.3. The van der Waals surface area contributed by atoms with E-state index in [1.807, 2.05) is 36.6 Å². The highest BCUT2D eigenvalue weighted by Gasteiger charge is 2.12. The van der Waals surface area contributed by atoms with Gasteiger partial charge in [-0.15, -0.1) is 11.3 Å². The zero-order chi connectivity index (χ0) is 19.4. The summed E-state index contributed by atoms with van der Waals surface area (Å²) >= 11 is 1.43. The average molecular weight is 380 g/mol. The largest absolute Gasteiger partial charge is 0.381 e. The van der Waals surface area contributed by atoms with Gasteiger partial charge in [0.05, 0.1) is 5.69 Å². The first-order valence-corrected chi connectivity index (χ1v) is 9.86. The molecule has 1 aromatic heterocycles. The van der Waals surface area contributed by atoms with E-state index in [0.29, 0.717) is 17.2 Å². The molecule has 0 unspecified atom stereocenters. The molecule has 3 rings (SSSR count). The first-order valence-electron chi connectivity index (χ1n) is 8.98. The van der Waals surface area contributed by atoms with E-state index in [9.17, 15) is 4.79 Å². The lowest BCUT2D eigenvalue weighted by Crippen LogP contribution is -2.12. The average Bonchev–Trinajstić information content (AvgIpc) is 3.04. The summed E-state index contributed by atoms with van der Waals surface area (Å²) in [6.45, 7) is 9.25. The van der Waals surface area contributed by atoms with E-state index in [1.54, 1.807) is 0 Å². The number of aromatic nitrogens is 1. The molecule has 0 aliphatic rings. The summed E-state index contributed by atoms with van der Waals surface area (Å²) in [5.41, 5.74) is 5.22. The van der Waals surface area contributed by atoms with Gasteiger partial charge in [0, 0.05) is 23.2 Å². The van der Waals surface area contributed by atoms with Crippen molar-refractivity contribution in [2.24, 2.45) is 0 Å². The van der Waals surface area contributed by atoms with E-state index < -0.39 is 0 Å². The molecule has 0 aliphatic carbocycles. The van der Waals surface area contributed by atoms with Crippen molar-refractivity contribution in [3.63, 3.8) is 0 Å². The topological polar surface area (TPSA) is 54.0 Å². The number of amides is 1. The van der Waals surface area contributed by atoms with Gasteiger partial charge < -0.3 is 5.32 Å². The van der Waals surface area contributed by atoms with Crippen LogP contribution < -0.4 is 10.6 Å². The molecule has 0 aliphatic heterocycles. The third-order valence-corrected chi connectivity index (χ3v) is 5.18. The zero-order valence-electron chi connectivity index (χ0n) is 16.2. The van der Waals surface area contributed by atoms with Gasteiger partial charge in [-0.3, -0.25) is 10.1 Å². The van der Waals surface area contributed by atoms with Crippen LogP contribution in [0.5, 0.6) is 0 Å². The summed E-state index contributed by atoms with van der Waals surface area (Å²) in [5.74, 6) is -0.137. The van der Waals surface area contributed by atoms with Crippen LogP contribution in [0.2, 0.25) is 0 Å². The molecule has 140 valence electrons. The summed E-state index contributed by atoms with van der Waals surface area (Å²) in [6, 6.07) is 16.2. The Kier molecular flexibility index (Phi) is 5.61. The van der Waals surface area contributed by atoms with E-state index in [1.165, 1.54) is 16.9 Å². The number of nitrogens with zero attached hydrogens (tertiary/aromatic N) is 1. The molecule has 0 atom stereocenters. The van der Waals surface area contributed by atoms with Crippen molar-refractivity contribution in [3.8, 4) is 0 Å².